The Morgan fingerprint density at radius 2 is 1.90 bits per heavy atom. The van der Waals surface area contributed by atoms with E-state index in [1.165, 1.54) is 49.7 Å². The lowest BCUT2D eigenvalue weighted by Gasteiger charge is -2.49. The average molecular weight is 698 g/mol. The van der Waals surface area contributed by atoms with Crippen LogP contribution in [-0.2, 0) is 24.0 Å². The molecule has 4 heterocycles. The molecule has 5 rings (SSSR count). The Labute approximate surface area is 279 Å². The zero-order valence-corrected chi connectivity index (χ0v) is 26.7. The fourth-order valence-corrected chi connectivity index (χ4v) is 6.39. The molecule has 250 valence electrons. The molecule has 0 bridgehead atoms. The fourth-order valence-electron chi connectivity index (χ4n) is 4.50. The summed E-state index contributed by atoms with van der Waals surface area (Å²) in [6, 6.07) is 6.02. The SMILES string of the molecule is CC(C)(O/N=C(\C(=O)NC1C(=O)N2C(C(=O)O)=C(CNC(=O)c3ccc(-c4ccc(O)c(O)c4)nc3)CS[C@@H]12)c1csc(N)n1)C(=O)O. The van der Waals surface area contributed by atoms with E-state index in [0.717, 1.165) is 28.0 Å². The van der Waals surface area contributed by atoms with Crippen LogP contribution in [0.2, 0.25) is 0 Å². The second-order valence-electron chi connectivity index (χ2n) is 10.9. The standard InChI is InChI=1S/C29H27N7O10S2/c1-29(2,27(44)45)46-35-19(16-11-48-28(30)33-16)23(40)34-20-24(41)36-21(26(42)43)14(10-47-25(20)36)9-32-22(39)13-3-5-15(31-8-13)12-4-6-17(37)18(38)7-12/h3-8,11,20,25,37-38H,9-10H2,1-2H3,(H2,30,33)(H,32,39)(H,34,40)(H,42,43)(H,44,45)/b35-19-/t20?,25-/m0/s1. The number of hydrogen-bond acceptors (Lipinski definition) is 14. The number of phenols is 2. The molecule has 1 fully saturated rings. The van der Waals surface area contributed by atoms with Gasteiger partial charge >= 0.3 is 11.9 Å². The number of rotatable bonds is 11. The van der Waals surface area contributed by atoms with E-state index in [1.807, 2.05) is 0 Å². The molecule has 0 spiro atoms. The Hall–Kier alpha value is -5.69. The number of nitrogen functional groups attached to an aromatic ring is 1. The number of aromatic hydroxyl groups is 2. The van der Waals surface area contributed by atoms with Gasteiger partial charge in [0, 0.05) is 29.4 Å². The van der Waals surface area contributed by atoms with Crippen molar-refractivity contribution in [1.82, 2.24) is 25.5 Å². The minimum atomic E-state index is -1.80. The number of carboxylic acids is 2. The van der Waals surface area contributed by atoms with Gasteiger partial charge in [-0.1, -0.05) is 5.16 Å². The number of β-lactam (4-membered cyclic amide) rings is 1. The van der Waals surface area contributed by atoms with Crippen molar-refractivity contribution in [3.05, 3.63) is 64.4 Å². The molecule has 1 aromatic carbocycles. The van der Waals surface area contributed by atoms with Crippen LogP contribution in [0.25, 0.3) is 11.3 Å². The predicted octanol–water partition coefficient (Wildman–Crippen LogP) is 0.951. The summed E-state index contributed by atoms with van der Waals surface area (Å²) in [4.78, 5) is 77.4. The summed E-state index contributed by atoms with van der Waals surface area (Å²) >= 11 is 2.15. The molecule has 48 heavy (non-hydrogen) atoms. The number of hydrogen-bond donors (Lipinski definition) is 7. The van der Waals surface area contributed by atoms with Crippen molar-refractivity contribution in [1.29, 1.82) is 0 Å². The predicted molar refractivity (Wildman–Crippen MR) is 171 cm³/mol. The molecule has 17 nitrogen and oxygen atoms in total. The minimum absolute atomic E-state index is 0.0234. The number of benzene rings is 1. The topological polar surface area (TPSA) is 267 Å². The van der Waals surface area contributed by atoms with E-state index in [9.17, 15) is 44.4 Å². The van der Waals surface area contributed by atoms with Gasteiger partial charge in [0.2, 0.25) is 5.60 Å². The first-order chi connectivity index (χ1) is 22.7. The Kier molecular flexibility index (Phi) is 9.26. The number of thiazole rings is 1. The summed E-state index contributed by atoms with van der Waals surface area (Å²) < 4.78 is 0. The molecule has 0 saturated carbocycles. The number of phenolic OH excluding ortho intramolecular Hbond substituents is 2. The smallest absolute Gasteiger partial charge is 0.352 e. The summed E-state index contributed by atoms with van der Waals surface area (Å²) in [5.74, 6) is -5.50. The van der Waals surface area contributed by atoms with Crippen LogP contribution in [0, 0.1) is 0 Å². The number of aromatic nitrogens is 2. The van der Waals surface area contributed by atoms with Crippen LogP contribution in [0.4, 0.5) is 5.13 Å². The number of nitrogens with one attached hydrogen (secondary N) is 2. The van der Waals surface area contributed by atoms with Gasteiger partial charge in [-0.15, -0.1) is 23.1 Å². The Morgan fingerprint density at radius 3 is 2.50 bits per heavy atom. The number of anilines is 1. The minimum Gasteiger partial charge on any atom is -0.504 e. The van der Waals surface area contributed by atoms with Gasteiger partial charge < -0.3 is 41.6 Å². The molecule has 1 saturated heterocycles. The van der Waals surface area contributed by atoms with Crippen LogP contribution in [-0.4, -0.2) is 100.0 Å². The number of aliphatic carboxylic acids is 2. The van der Waals surface area contributed by atoms with Gasteiger partial charge in [-0.3, -0.25) is 24.3 Å². The van der Waals surface area contributed by atoms with Crippen LogP contribution in [0.5, 0.6) is 11.5 Å². The number of pyridine rings is 1. The number of carbonyl (C=O) groups is 5. The summed E-state index contributed by atoms with van der Waals surface area (Å²) in [6.07, 6.45) is 1.30. The molecular formula is C29H27N7O10S2. The second kappa shape index (κ2) is 13.2. The molecule has 3 amide bonds. The molecular weight excluding hydrogens is 670 g/mol. The van der Waals surface area contributed by atoms with Gasteiger partial charge in [-0.25, -0.2) is 14.6 Å². The Morgan fingerprint density at radius 1 is 1.15 bits per heavy atom. The first-order valence-corrected chi connectivity index (χ1v) is 15.8. The van der Waals surface area contributed by atoms with E-state index < -0.39 is 52.4 Å². The normalized spacial score (nSPS) is 17.7. The maximum Gasteiger partial charge on any atom is 0.352 e. The quantitative estimate of drug-likeness (QED) is 0.0637. The number of thioether (sulfide) groups is 1. The zero-order chi connectivity index (χ0) is 34.9. The molecule has 3 aromatic rings. The van der Waals surface area contributed by atoms with E-state index in [4.69, 9.17) is 10.6 Å². The summed E-state index contributed by atoms with van der Waals surface area (Å²) in [6.45, 7) is 2.23. The van der Waals surface area contributed by atoms with E-state index in [1.54, 1.807) is 6.07 Å². The molecule has 1 unspecified atom stereocenters. The van der Waals surface area contributed by atoms with E-state index in [-0.39, 0.29) is 51.5 Å². The third-order valence-corrected chi connectivity index (χ3v) is 9.17. The summed E-state index contributed by atoms with van der Waals surface area (Å²) in [5, 5.41) is 48.1. The maximum absolute atomic E-state index is 13.3. The van der Waals surface area contributed by atoms with Gasteiger partial charge in [0.15, 0.2) is 22.3 Å². The van der Waals surface area contributed by atoms with Gasteiger partial charge in [0.25, 0.3) is 17.7 Å². The number of carbonyl (C=O) groups excluding carboxylic acids is 3. The third kappa shape index (κ3) is 6.72. The lowest BCUT2D eigenvalue weighted by Crippen LogP contribution is -2.71. The number of carboxylic acid groups (broad SMARTS) is 2. The zero-order valence-electron chi connectivity index (χ0n) is 25.0. The van der Waals surface area contributed by atoms with Crippen molar-refractivity contribution in [3.63, 3.8) is 0 Å². The Bertz CT molecular complexity index is 1890. The highest BCUT2D eigenvalue weighted by molar-refractivity contribution is 8.00. The largest absolute Gasteiger partial charge is 0.504 e. The molecule has 8 N–H and O–H groups in total. The van der Waals surface area contributed by atoms with Gasteiger partial charge in [-0.2, -0.15) is 0 Å². The van der Waals surface area contributed by atoms with Crippen molar-refractivity contribution in [3.8, 4) is 22.8 Å². The van der Waals surface area contributed by atoms with Crippen molar-refractivity contribution in [2.24, 2.45) is 5.16 Å². The third-order valence-electron chi connectivity index (χ3n) is 7.16. The van der Waals surface area contributed by atoms with Crippen molar-refractivity contribution < 1.29 is 49.2 Å². The van der Waals surface area contributed by atoms with Gasteiger partial charge in [0.05, 0.1) is 11.3 Å². The number of fused-ring (bicyclic) bond motifs is 1. The van der Waals surface area contributed by atoms with E-state index in [2.05, 4.69) is 25.8 Å². The second-order valence-corrected chi connectivity index (χ2v) is 12.8. The highest BCUT2D eigenvalue weighted by Gasteiger charge is 2.54. The van der Waals surface area contributed by atoms with Crippen molar-refractivity contribution >= 4 is 63.6 Å². The molecule has 2 aliphatic heterocycles. The average Bonchev–Trinajstić information content (AvgIpc) is 3.48. The van der Waals surface area contributed by atoms with Crippen LogP contribution in [0.3, 0.4) is 0 Å². The monoisotopic (exact) mass is 697 g/mol. The number of oxime groups is 1. The first kappa shape index (κ1) is 33.7. The van der Waals surface area contributed by atoms with E-state index in [0.29, 0.717) is 11.3 Å². The van der Waals surface area contributed by atoms with Crippen LogP contribution >= 0.6 is 23.1 Å². The van der Waals surface area contributed by atoms with Crippen LogP contribution < -0.4 is 16.4 Å². The number of amides is 3. The summed E-state index contributed by atoms with van der Waals surface area (Å²) in [5.41, 5.74) is 4.43. The number of nitrogens with two attached hydrogens (primary N) is 1. The molecule has 2 atom stereocenters. The number of nitrogens with zero attached hydrogens (tertiary/aromatic N) is 4. The molecule has 0 aliphatic carbocycles. The van der Waals surface area contributed by atoms with Gasteiger partial charge in [0.1, 0.15) is 22.8 Å². The fraction of sp³-hybridized carbons (Fsp3) is 0.241. The first-order valence-electron chi connectivity index (χ1n) is 13.9. The van der Waals surface area contributed by atoms with Crippen LogP contribution in [0.15, 0.2) is 58.3 Å². The maximum atomic E-state index is 13.3. The van der Waals surface area contributed by atoms with E-state index >= 15 is 0 Å². The highest BCUT2D eigenvalue weighted by Crippen LogP contribution is 2.40. The van der Waals surface area contributed by atoms with Gasteiger partial charge in [-0.05, 0) is 49.8 Å². The Balaban J connectivity index is 1.27. The molecule has 2 aliphatic rings. The lowest BCUT2D eigenvalue weighted by atomic mass is 10.0. The molecule has 0 radical (unpaired) electrons. The van der Waals surface area contributed by atoms with Crippen LogP contribution in [0.1, 0.15) is 29.9 Å². The summed E-state index contributed by atoms with van der Waals surface area (Å²) in [7, 11) is 0. The highest BCUT2D eigenvalue weighted by atomic mass is 32.2. The lowest BCUT2D eigenvalue weighted by molar-refractivity contribution is -0.161. The molecule has 19 heteroatoms. The molecule has 2 aromatic heterocycles. The van der Waals surface area contributed by atoms with Crippen molar-refractivity contribution in [2.45, 2.75) is 30.9 Å². The van der Waals surface area contributed by atoms with Crippen molar-refractivity contribution in [2.75, 3.05) is 18.0 Å².